The number of pyridine rings is 1. The third-order valence-corrected chi connectivity index (χ3v) is 4.01. The number of hydrogen-bond acceptors (Lipinski definition) is 4. The van der Waals surface area contributed by atoms with Gasteiger partial charge in [-0.15, -0.1) is 0 Å². The molecule has 0 saturated carbocycles. The minimum absolute atomic E-state index is 0.614. The molecule has 0 amide bonds. The highest BCUT2D eigenvalue weighted by molar-refractivity contribution is 5.43. The van der Waals surface area contributed by atoms with Crippen molar-refractivity contribution in [2.24, 2.45) is 5.92 Å². The van der Waals surface area contributed by atoms with E-state index in [1.807, 2.05) is 19.2 Å². The smallest absolute Gasteiger partial charge is 0.213 e. The summed E-state index contributed by atoms with van der Waals surface area (Å²) >= 11 is 0. The van der Waals surface area contributed by atoms with E-state index in [9.17, 15) is 0 Å². The van der Waals surface area contributed by atoms with Crippen LogP contribution in [0, 0.1) is 5.92 Å². The molecule has 1 aromatic heterocycles. The Morgan fingerprint density at radius 3 is 3.06 bits per heavy atom. The molecule has 0 radical (unpaired) electrons. The Labute approximate surface area is 108 Å². The van der Waals surface area contributed by atoms with Crippen LogP contribution in [0.1, 0.15) is 19.8 Å². The van der Waals surface area contributed by atoms with Gasteiger partial charge in [-0.05, 0) is 38.3 Å². The fourth-order valence-electron chi connectivity index (χ4n) is 3.05. The topological polar surface area (TPSA) is 37.4 Å². The molecule has 18 heavy (non-hydrogen) atoms. The predicted molar refractivity (Wildman–Crippen MR) is 72.0 cm³/mol. The zero-order chi connectivity index (χ0) is 12.4. The molecule has 0 spiro atoms. The van der Waals surface area contributed by atoms with Gasteiger partial charge >= 0.3 is 0 Å². The van der Waals surface area contributed by atoms with Crippen LogP contribution < -0.4 is 10.1 Å². The van der Waals surface area contributed by atoms with E-state index in [4.69, 9.17) is 4.74 Å². The summed E-state index contributed by atoms with van der Waals surface area (Å²) in [6.07, 6.45) is 4.46. The molecule has 3 atom stereocenters. The van der Waals surface area contributed by atoms with Gasteiger partial charge in [0.25, 0.3) is 0 Å². The highest BCUT2D eigenvalue weighted by Crippen LogP contribution is 2.29. The van der Waals surface area contributed by atoms with E-state index in [-0.39, 0.29) is 0 Å². The van der Waals surface area contributed by atoms with Gasteiger partial charge in [0.2, 0.25) is 5.88 Å². The molecule has 2 fully saturated rings. The van der Waals surface area contributed by atoms with Gasteiger partial charge in [-0.25, -0.2) is 4.98 Å². The fourth-order valence-corrected chi connectivity index (χ4v) is 3.05. The van der Waals surface area contributed by atoms with E-state index in [1.165, 1.54) is 32.5 Å². The van der Waals surface area contributed by atoms with Gasteiger partial charge in [0.1, 0.15) is 0 Å². The number of nitrogens with one attached hydrogen (secondary N) is 1. The summed E-state index contributed by atoms with van der Waals surface area (Å²) in [5, 5.41) is 3.63. The quantitative estimate of drug-likeness (QED) is 0.883. The Morgan fingerprint density at radius 1 is 1.39 bits per heavy atom. The molecule has 3 rings (SSSR count). The average Bonchev–Trinajstić information content (AvgIpc) is 2.78. The molecule has 98 valence electrons. The lowest BCUT2D eigenvalue weighted by Gasteiger charge is -2.31. The maximum atomic E-state index is 5.35. The van der Waals surface area contributed by atoms with Crippen LogP contribution in [0.4, 0.5) is 5.69 Å². The monoisotopic (exact) mass is 247 g/mol. The number of hydrogen-bond donors (Lipinski definition) is 1. The average molecular weight is 247 g/mol. The Bertz CT molecular complexity index is 393. The Balaban J connectivity index is 1.61. The second-order valence-corrected chi connectivity index (χ2v) is 5.21. The highest BCUT2D eigenvalue weighted by atomic mass is 16.5. The molecule has 2 bridgehead atoms. The lowest BCUT2D eigenvalue weighted by molar-refractivity contribution is 0.255. The van der Waals surface area contributed by atoms with Gasteiger partial charge in [0.15, 0.2) is 0 Å². The maximum Gasteiger partial charge on any atom is 0.213 e. The first-order valence-corrected chi connectivity index (χ1v) is 6.93. The van der Waals surface area contributed by atoms with Gasteiger partial charge in [0.05, 0.1) is 18.5 Å². The van der Waals surface area contributed by atoms with Crippen molar-refractivity contribution in [2.45, 2.75) is 25.8 Å². The van der Waals surface area contributed by atoms with E-state index in [0.717, 1.165) is 11.6 Å². The highest BCUT2D eigenvalue weighted by Gasteiger charge is 2.33. The number of aromatic nitrogens is 1. The van der Waals surface area contributed by atoms with Crippen LogP contribution in [0.15, 0.2) is 18.3 Å². The normalized spacial score (nSPS) is 30.2. The molecule has 1 aromatic rings. The van der Waals surface area contributed by atoms with Gasteiger partial charge in [0, 0.05) is 25.2 Å². The second-order valence-electron chi connectivity index (χ2n) is 5.21. The largest absolute Gasteiger partial charge is 0.478 e. The zero-order valence-corrected chi connectivity index (χ0v) is 10.9. The van der Waals surface area contributed by atoms with Gasteiger partial charge < -0.3 is 15.0 Å². The SMILES string of the molecule is CCOc1ccc(NC2CCN3CCC2C3)cn1. The first kappa shape index (κ1) is 11.8. The van der Waals surface area contributed by atoms with Crippen LogP contribution in [0.2, 0.25) is 0 Å². The number of nitrogens with zero attached hydrogens (tertiary/aromatic N) is 2. The van der Waals surface area contributed by atoms with Crippen LogP contribution in [0.5, 0.6) is 5.88 Å². The lowest BCUT2D eigenvalue weighted by Crippen LogP contribution is -2.39. The van der Waals surface area contributed by atoms with E-state index in [1.54, 1.807) is 0 Å². The summed E-state index contributed by atoms with van der Waals surface area (Å²) < 4.78 is 5.35. The minimum atomic E-state index is 0.614. The summed E-state index contributed by atoms with van der Waals surface area (Å²) in [5.41, 5.74) is 1.11. The molecular formula is C14H21N3O. The summed E-state index contributed by atoms with van der Waals surface area (Å²) in [4.78, 5) is 6.87. The van der Waals surface area contributed by atoms with E-state index in [2.05, 4.69) is 21.3 Å². The number of ether oxygens (including phenoxy) is 1. The summed E-state index contributed by atoms with van der Waals surface area (Å²) in [7, 11) is 0. The first-order valence-electron chi connectivity index (χ1n) is 6.93. The maximum absolute atomic E-state index is 5.35. The molecule has 4 nitrogen and oxygen atoms in total. The third-order valence-electron chi connectivity index (χ3n) is 4.01. The van der Waals surface area contributed by atoms with Crippen molar-refractivity contribution in [3.05, 3.63) is 18.3 Å². The number of fused-ring (bicyclic) bond motifs is 2. The molecular weight excluding hydrogens is 226 g/mol. The van der Waals surface area contributed by atoms with Crippen molar-refractivity contribution in [3.8, 4) is 5.88 Å². The van der Waals surface area contributed by atoms with Crippen molar-refractivity contribution in [1.82, 2.24) is 9.88 Å². The van der Waals surface area contributed by atoms with E-state index < -0.39 is 0 Å². The Hall–Kier alpha value is -1.29. The number of anilines is 1. The number of rotatable bonds is 4. The van der Waals surface area contributed by atoms with Gasteiger partial charge in [-0.3, -0.25) is 0 Å². The van der Waals surface area contributed by atoms with Crippen molar-refractivity contribution in [2.75, 3.05) is 31.6 Å². The van der Waals surface area contributed by atoms with Crippen LogP contribution in [-0.4, -0.2) is 42.2 Å². The fraction of sp³-hybridized carbons (Fsp3) is 0.643. The standard InChI is InChI=1S/C14H21N3O/c1-2-18-14-4-3-12(9-15-14)16-13-6-8-17-7-5-11(13)10-17/h3-4,9,11,13,16H,2,5-8,10H2,1H3. The molecule has 3 unspecified atom stereocenters. The van der Waals surface area contributed by atoms with Gasteiger partial charge in [-0.2, -0.15) is 0 Å². The number of piperidine rings is 1. The van der Waals surface area contributed by atoms with Crippen molar-refractivity contribution >= 4 is 5.69 Å². The molecule has 2 saturated heterocycles. The van der Waals surface area contributed by atoms with Gasteiger partial charge in [-0.1, -0.05) is 0 Å². The molecule has 3 heterocycles. The van der Waals surface area contributed by atoms with E-state index >= 15 is 0 Å². The van der Waals surface area contributed by atoms with Crippen LogP contribution in [-0.2, 0) is 0 Å². The Kier molecular flexibility index (Phi) is 3.37. The minimum Gasteiger partial charge on any atom is -0.478 e. The molecule has 1 N–H and O–H groups in total. The molecule has 0 aliphatic carbocycles. The predicted octanol–water partition coefficient (Wildman–Crippen LogP) is 1.99. The summed E-state index contributed by atoms with van der Waals surface area (Å²) in [6, 6.07) is 4.62. The van der Waals surface area contributed by atoms with Crippen LogP contribution in [0.25, 0.3) is 0 Å². The second kappa shape index (κ2) is 5.14. The molecule has 0 aromatic carbocycles. The Morgan fingerprint density at radius 2 is 2.28 bits per heavy atom. The molecule has 4 heteroatoms. The lowest BCUT2D eigenvalue weighted by atomic mass is 9.94. The van der Waals surface area contributed by atoms with Crippen LogP contribution in [0.3, 0.4) is 0 Å². The zero-order valence-electron chi connectivity index (χ0n) is 10.9. The van der Waals surface area contributed by atoms with Crippen molar-refractivity contribution in [1.29, 1.82) is 0 Å². The van der Waals surface area contributed by atoms with Crippen molar-refractivity contribution < 1.29 is 4.74 Å². The van der Waals surface area contributed by atoms with Crippen molar-refractivity contribution in [3.63, 3.8) is 0 Å². The van der Waals surface area contributed by atoms with E-state index in [0.29, 0.717) is 18.5 Å². The van der Waals surface area contributed by atoms with Crippen LogP contribution >= 0.6 is 0 Å². The summed E-state index contributed by atoms with van der Waals surface area (Å²) in [5.74, 6) is 1.52. The first-order chi connectivity index (χ1) is 8.85. The molecule has 2 aliphatic rings. The molecule has 2 aliphatic heterocycles. The summed E-state index contributed by atoms with van der Waals surface area (Å²) in [6.45, 7) is 6.42. The third kappa shape index (κ3) is 2.43.